The summed E-state index contributed by atoms with van der Waals surface area (Å²) >= 11 is 0. The van der Waals surface area contributed by atoms with Gasteiger partial charge in [0.1, 0.15) is 17.4 Å². The van der Waals surface area contributed by atoms with E-state index in [1.54, 1.807) is 13.8 Å². The number of carbonyl (C=O) groups excluding carboxylic acids is 1. The molecule has 7 heteroatoms. The van der Waals surface area contributed by atoms with Crippen molar-refractivity contribution in [2.75, 3.05) is 6.54 Å². The lowest BCUT2D eigenvalue weighted by atomic mass is 10.1. The highest BCUT2D eigenvalue weighted by Gasteiger charge is 2.22. The SMILES string of the molecule is CCc1noc(C)c1C(=O)NCC(O)C(F)F. The standard InChI is InChI=1S/C10H14F2N2O3/c1-3-6-8(5(2)17-14-6)10(16)13-4-7(15)9(11)12/h7,9,15H,3-4H2,1-2H3,(H,13,16). The number of halogens is 2. The number of aryl methyl sites for hydroxylation is 2. The first kappa shape index (κ1) is 13.6. The summed E-state index contributed by atoms with van der Waals surface area (Å²) < 4.78 is 28.9. The van der Waals surface area contributed by atoms with Crippen LogP contribution in [0.25, 0.3) is 0 Å². The summed E-state index contributed by atoms with van der Waals surface area (Å²) in [6, 6.07) is 0. The molecule has 0 saturated carbocycles. The molecule has 2 N–H and O–H groups in total. The van der Waals surface area contributed by atoms with Gasteiger partial charge in [-0.2, -0.15) is 0 Å². The quantitative estimate of drug-likeness (QED) is 0.811. The fourth-order valence-corrected chi connectivity index (χ4v) is 1.33. The minimum absolute atomic E-state index is 0.244. The van der Waals surface area contributed by atoms with Gasteiger partial charge in [-0.15, -0.1) is 0 Å². The Hall–Kier alpha value is -1.50. The first-order valence-corrected chi connectivity index (χ1v) is 5.16. The van der Waals surface area contributed by atoms with Gasteiger partial charge >= 0.3 is 0 Å². The van der Waals surface area contributed by atoms with Gasteiger partial charge in [0.25, 0.3) is 12.3 Å². The lowest BCUT2D eigenvalue weighted by Crippen LogP contribution is -2.36. The second-order valence-electron chi connectivity index (χ2n) is 3.53. The third kappa shape index (κ3) is 3.23. The molecule has 0 aliphatic rings. The van der Waals surface area contributed by atoms with E-state index in [4.69, 9.17) is 9.63 Å². The van der Waals surface area contributed by atoms with E-state index in [1.807, 2.05) is 0 Å². The summed E-state index contributed by atoms with van der Waals surface area (Å²) in [5.41, 5.74) is 0.709. The van der Waals surface area contributed by atoms with Crippen LogP contribution in [0.2, 0.25) is 0 Å². The Balaban J connectivity index is 2.67. The van der Waals surface area contributed by atoms with Crippen molar-refractivity contribution in [3.05, 3.63) is 17.0 Å². The van der Waals surface area contributed by atoms with Gasteiger partial charge in [-0.3, -0.25) is 4.79 Å². The molecule has 1 rings (SSSR count). The molecule has 1 aromatic rings. The maximum absolute atomic E-state index is 12.0. The van der Waals surface area contributed by atoms with Crippen LogP contribution < -0.4 is 5.32 Å². The number of aliphatic hydroxyl groups is 1. The second-order valence-corrected chi connectivity index (χ2v) is 3.53. The van der Waals surface area contributed by atoms with Crippen LogP contribution in [0.15, 0.2) is 4.52 Å². The third-order valence-electron chi connectivity index (χ3n) is 2.26. The van der Waals surface area contributed by atoms with Crippen LogP contribution >= 0.6 is 0 Å². The molecule has 1 amide bonds. The maximum Gasteiger partial charge on any atom is 0.265 e. The molecule has 1 unspecified atom stereocenters. The van der Waals surface area contributed by atoms with Gasteiger partial charge in [0, 0.05) is 6.54 Å². The van der Waals surface area contributed by atoms with E-state index in [1.165, 1.54) is 0 Å². The summed E-state index contributed by atoms with van der Waals surface area (Å²) in [4.78, 5) is 11.7. The first-order chi connectivity index (χ1) is 7.97. The highest BCUT2D eigenvalue weighted by atomic mass is 19.3. The number of aromatic nitrogens is 1. The highest BCUT2D eigenvalue weighted by Crippen LogP contribution is 2.13. The predicted octanol–water partition coefficient (Wildman–Crippen LogP) is 0.901. The molecule has 0 saturated heterocycles. The Labute approximate surface area is 96.8 Å². The minimum atomic E-state index is -2.88. The number of nitrogens with zero attached hydrogens (tertiary/aromatic N) is 1. The van der Waals surface area contributed by atoms with Crippen molar-refractivity contribution in [3.8, 4) is 0 Å². The van der Waals surface area contributed by atoms with E-state index in [9.17, 15) is 13.6 Å². The molecule has 0 spiro atoms. The maximum atomic E-state index is 12.0. The van der Waals surface area contributed by atoms with E-state index in [-0.39, 0.29) is 5.56 Å². The van der Waals surface area contributed by atoms with Crippen LogP contribution in [0.5, 0.6) is 0 Å². The fraction of sp³-hybridized carbons (Fsp3) is 0.600. The third-order valence-corrected chi connectivity index (χ3v) is 2.26. The van der Waals surface area contributed by atoms with Gasteiger partial charge in [-0.1, -0.05) is 12.1 Å². The van der Waals surface area contributed by atoms with Crippen molar-refractivity contribution in [3.63, 3.8) is 0 Å². The van der Waals surface area contributed by atoms with Crippen molar-refractivity contribution in [2.24, 2.45) is 0 Å². The Morgan fingerprint density at radius 1 is 1.59 bits per heavy atom. The fourth-order valence-electron chi connectivity index (χ4n) is 1.33. The molecular formula is C10H14F2N2O3. The molecule has 0 aliphatic carbocycles. The number of amides is 1. The van der Waals surface area contributed by atoms with Crippen LogP contribution in [0.3, 0.4) is 0 Å². The molecule has 0 aromatic carbocycles. The van der Waals surface area contributed by atoms with Gasteiger partial charge in [0.15, 0.2) is 0 Å². The number of carbonyl (C=O) groups is 1. The number of rotatable bonds is 5. The van der Waals surface area contributed by atoms with Crippen molar-refractivity contribution < 1.29 is 23.2 Å². The molecule has 5 nitrogen and oxygen atoms in total. The molecule has 1 atom stereocenters. The molecule has 1 heterocycles. The van der Waals surface area contributed by atoms with Gasteiger partial charge in [-0.25, -0.2) is 8.78 Å². The Bertz CT molecular complexity index is 393. The van der Waals surface area contributed by atoms with Gasteiger partial charge in [0.05, 0.1) is 5.69 Å². The zero-order valence-electron chi connectivity index (χ0n) is 9.54. The number of alkyl halides is 2. The average Bonchev–Trinajstić information content (AvgIpc) is 2.66. The van der Waals surface area contributed by atoms with E-state index < -0.39 is 25.0 Å². The number of aliphatic hydroxyl groups excluding tert-OH is 1. The van der Waals surface area contributed by atoms with Crippen LogP contribution in [0.4, 0.5) is 8.78 Å². The lowest BCUT2D eigenvalue weighted by molar-refractivity contribution is -0.00271. The van der Waals surface area contributed by atoms with E-state index in [2.05, 4.69) is 10.5 Å². The zero-order valence-corrected chi connectivity index (χ0v) is 9.54. The summed E-state index contributed by atoms with van der Waals surface area (Å²) in [6.07, 6.45) is -4.26. The Morgan fingerprint density at radius 3 is 2.76 bits per heavy atom. The first-order valence-electron chi connectivity index (χ1n) is 5.16. The molecule has 17 heavy (non-hydrogen) atoms. The molecule has 96 valence electrons. The van der Waals surface area contributed by atoms with Gasteiger partial charge in [-0.05, 0) is 13.3 Å². The summed E-state index contributed by atoms with van der Waals surface area (Å²) in [7, 11) is 0. The second kappa shape index (κ2) is 5.72. The highest BCUT2D eigenvalue weighted by molar-refractivity contribution is 5.96. The summed E-state index contributed by atoms with van der Waals surface area (Å²) in [5, 5.41) is 14.7. The van der Waals surface area contributed by atoms with Crippen molar-refractivity contribution >= 4 is 5.91 Å². The van der Waals surface area contributed by atoms with Crippen molar-refractivity contribution in [1.82, 2.24) is 10.5 Å². The molecule has 0 radical (unpaired) electrons. The van der Waals surface area contributed by atoms with Crippen LogP contribution in [0, 0.1) is 6.92 Å². The molecule has 1 aromatic heterocycles. The molecule has 0 aliphatic heterocycles. The minimum Gasteiger partial charge on any atom is -0.385 e. The summed E-state index contributed by atoms with van der Waals surface area (Å²) in [5.74, 6) is -0.244. The zero-order chi connectivity index (χ0) is 13.0. The topological polar surface area (TPSA) is 75.4 Å². The van der Waals surface area contributed by atoms with Crippen molar-refractivity contribution in [1.29, 1.82) is 0 Å². The number of nitrogens with one attached hydrogen (secondary N) is 1. The molecule has 0 bridgehead atoms. The molecule has 0 fully saturated rings. The predicted molar refractivity (Wildman–Crippen MR) is 55.0 cm³/mol. The van der Waals surface area contributed by atoms with Crippen molar-refractivity contribution in [2.45, 2.75) is 32.8 Å². The van der Waals surface area contributed by atoms with Crippen LogP contribution in [0.1, 0.15) is 28.7 Å². The largest absolute Gasteiger partial charge is 0.385 e. The normalized spacial score (nSPS) is 12.8. The van der Waals surface area contributed by atoms with E-state index >= 15 is 0 Å². The monoisotopic (exact) mass is 248 g/mol. The van der Waals surface area contributed by atoms with Gasteiger partial charge < -0.3 is 14.9 Å². The Morgan fingerprint density at radius 2 is 2.24 bits per heavy atom. The molecular weight excluding hydrogens is 234 g/mol. The van der Waals surface area contributed by atoms with E-state index in [0.29, 0.717) is 17.9 Å². The van der Waals surface area contributed by atoms with E-state index in [0.717, 1.165) is 0 Å². The number of hydrogen-bond donors (Lipinski definition) is 2. The van der Waals surface area contributed by atoms with Gasteiger partial charge in [0.2, 0.25) is 0 Å². The van der Waals surface area contributed by atoms with Crippen LogP contribution in [-0.2, 0) is 6.42 Å². The Kier molecular flexibility index (Phi) is 4.56. The smallest absolute Gasteiger partial charge is 0.265 e. The van der Waals surface area contributed by atoms with Crippen LogP contribution in [-0.4, -0.2) is 35.2 Å². The summed E-state index contributed by atoms with van der Waals surface area (Å²) in [6.45, 7) is 2.84. The average molecular weight is 248 g/mol. The number of hydrogen-bond acceptors (Lipinski definition) is 4. The lowest BCUT2D eigenvalue weighted by Gasteiger charge is -2.10.